The second-order valence-electron chi connectivity index (χ2n) is 7.53. The number of aryl methyl sites for hydroxylation is 1. The van der Waals surface area contributed by atoms with Crippen molar-refractivity contribution >= 4 is 34.6 Å². The summed E-state index contributed by atoms with van der Waals surface area (Å²) in [6, 6.07) is 11.6. The Bertz CT molecular complexity index is 1120. The molecule has 0 aliphatic carbocycles. The van der Waals surface area contributed by atoms with E-state index in [1.165, 1.54) is 22.9 Å². The smallest absolute Gasteiger partial charge is 0.270 e. The molecule has 1 fully saturated rings. The van der Waals surface area contributed by atoms with Gasteiger partial charge in [-0.3, -0.25) is 14.9 Å². The molecule has 2 N–H and O–H groups in total. The molecule has 166 valence electrons. The largest absolute Gasteiger partial charge is 0.369 e. The Morgan fingerprint density at radius 1 is 1.06 bits per heavy atom. The van der Waals surface area contributed by atoms with Gasteiger partial charge in [-0.2, -0.15) is 0 Å². The summed E-state index contributed by atoms with van der Waals surface area (Å²) in [7, 11) is 3.74. The van der Waals surface area contributed by atoms with Crippen LogP contribution in [0.3, 0.4) is 0 Å². The number of nitro groups is 1. The van der Waals surface area contributed by atoms with Gasteiger partial charge in [0.25, 0.3) is 11.6 Å². The zero-order chi connectivity index (χ0) is 22.7. The third kappa shape index (κ3) is 4.64. The first-order valence-corrected chi connectivity index (χ1v) is 10.0. The minimum atomic E-state index is -0.546. The summed E-state index contributed by atoms with van der Waals surface area (Å²) in [4.78, 5) is 28.3. The average molecular weight is 437 g/mol. The standard InChI is InChI=1S/C20H23N9O3/c1-26-9-11-28(12-10-26)15-5-3-14(4-6-15)21-19(30)17-13-16(29(31)32)7-8-18(17)22-20-23-24-25-27(20)2/h3-8,13H,9-12H2,1-2H3,(H,21,30)(H,22,23,25). The van der Waals surface area contributed by atoms with E-state index in [1.54, 1.807) is 7.05 Å². The van der Waals surface area contributed by atoms with E-state index in [4.69, 9.17) is 0 Å². The topological polar surface area (TPSA) is 134 Å². The Labute approximate surface area is 184 Å². The van der Waals surface area contributed by atoms with Crippen LogP contribution >= 0.6 is 0 Å². The Kier molecular flexibility index (Phi) is 5.94. The van der Waals surface area contributed by atoms with E-state index >= 15 is 0 Å². The summed E-state index contributed by atoms with van der Waals surface area (Å²) < 4.78 is 1.39. The summed E-state index contributed by atoms with van der Waals surface area (Å²) in [5, 5.41) is 28.1. The SMILES string of the molecule is CN1CCN(c2ccc(NC(=O)c3cc([N+](=O)[O-])ccc3Nc3nnnn3C)cc2)CC1. The molecule has 32 heavy (non-hydrogen) atoms. The van der Waals surface area contributed by atoms with Crippen molar-refractivity contribution in [1.29, 1.82) is 0 Å². The maximum absolute atomic E-state index is 13.0. The normalized spacial score (nSPS) is 14.2. The fraction of sp³-hybridized carbons (Fsp3) is 0.300. The summed E-state index contributed by atoms with van der Waals surface area (Å²) in [6.45, 7) is 3.90. The van der Waals surface area contributed by atoms with Crippen molar-refractivity contribution in [3.8, 4) is 0 Å². The van der Waals surface area contributed by atoms with Gasteiger partial charge >= 0.3 is 0 Å². The van der Waals surface area contributed by atoms with Gasteiger partial charge in [-0.15, -0.1) is 0 Å². The lowest BCUT2D eigenvalue weighted by Crippen LogP contribution is -2.44. The van der Waals surface area contributed by atoms with Crippen LogP contribution in [0.2, 0.25) is 0 Å². The lowest BCUT2D eigenvalue weighted by atomic mass is 10.1. The van der Waals surface area contributed by atoms with Crippen molar-refractivity contribution in [1.82, 2.24) is 25.1 Å². The van der Waals surface area contributed by atoms with Crippen molar-refractivity contribution in [3.63, 3.8) is 0 Å². The molecular weight excluding hydrogens is 414 g/mol. The van der Waals surface area contributed by atoms with Crippen LogP contribution in [-0.4, -0.2) is 69.2 Å². The van der Waals surface area contributed by atoms with Gasteiger partial charge in [0.2, 0.25) is 5.95 Å². The molecule has 0 unspecified atom stereocenters. The first kappa shape index (κ1) is 21.2. The van der Waals surface area contributed by atoms with Gasteiger partial charge in [0.05, 0.1) is 16.2 Å². The highest BCUT2D eigenvalue weighted by atomic mass is 16.6. The molecule has 3 aromatic rings. The number of piperazine rings is 1. The van der Waals surface area contributed by atoms with Crippen LogP contribution in [0.25, 0.3) is 0 Å². The molecule has 1 saturated heterocycles. The zero-order valence-corrected chi connectivity index (χ0v) is 17.7. The van der Waals surface area contributed by atoms with Gasteiger partial charge in [-0.25, -0.2) is 4.68 Å². The monoisotopic (exact) mass is 437 g/mol. The average Bonchev–Trinajstić information content (AvgIpc) is 3.19. The molecule has 1 aliphatic rings. The van der Waals surface area contributed by atoms with Gasteiger partial charge < -0.3 is 20.4 Å². The van der Waals surface area contributed by atoms with Crippen LogP contribution in [-0.2, 0) is 7.05 Å². The van der Waals surface area contributed by atoms with Gasteiger partial charge in [0.1, 0.15) is 0 Å². The van der Waals surface area contributed by atoms with Gasteiger partial charge in [0, 0.05) is 56.7 Å². The third-order valence-electron chi connectivity index (χ3n) is 5.32. The minimum absolute atomic E-state index is 0.102. The molecular formula is C20H23N9O3. The van der Waals surface area contributed by atoms with E-state index in [-0.39, 0.29) is 11.3 Å². The number of nitrogens with one attached hydrogen (secondary N) is 2. The molecule has 0 atom stereocenters. The van der Waals surface area contributed by atoms with Crippen LogP contribution in [0.4, 0.5) is 28.7 Å². The molecule has 4 rings (SSSR count). The predicted octanol–water partition coefficient (Wildman–Crippen LogP) is 1.87. The number of anilines is 4. The second-order valence-corrected chi connectivity index (χ2v) is 7.53. The third-order valence-corrected chi connectivity index (χ3v) is 5.32. The molecule has 2 aromatic carbocycles. The zero-order valence-electron chi connectivity index (χ0n) is 17.7. The summed E-state index contributed by atoms with van der Waals surface area (Å²) in [6.07, 6.45) is 0. The van der Waals surface area contributed by atoms with Crippen LogP contribution in [0, 0.1) is 10.1 Å². The van der Waals surface area contributed by atoms with E-state index in [1.807, 2.05) is 24.3 Å². The quantitative estimate of drug-likeness (QED) is 0.438. The van der Waals surface area contributed by atoms with E-state index in [0.717, 1.165) is 31.9 Å². The number of carbonyl (C=O) groups is 1. The maximum atomic E-state index is 13.0. The van der Waals surface area contributed by atoms with E-state index in [2.05, 4.69) is 43.0 Å². The highest BCUT2D eigenvalue weighted by Crippen LogP contribution is 2.26. The molecule has 1 amide bonds. The highest BCUT2D eigenvalue weighted by Gasteiger charge is 2.19. The number of non-ortho nitro benzene ring substituents is 1. The Morgan fingerprint density at radius 2 is 1.78 bits per heavy atom. The Morgan fingerprint density at radius 3 is 2.41 bits per heavy atom. The molecule has 0 bridgehead atoms. The Hall–Kier alpha value is -4.06. The molecule has 12 heteroatoms. The summed E-state index contributed by atoms with van der Waals surface area (Å²) in [5.41, 5.74) is 1.93. The van der Waals surface area contributed by atoms with Gasteiger partial charge in [0.15, 0.2) is 0 Å². The first-order chi connectivity index (χ1) is 15.4. The van der Waals surface area contributed by atoms with Gasteiger partial charge in [-0.05, 0) is 47.8 Å². The maximum Gasteiger partial charge on any atom is 0.270 e. The molecule has 1 aromatic heterocycles. The molecule has 0 spiro atoms. The summed E-state index contributed by atoms with van der Waals surface area (Å²) >= 11 is 0. The Balaban J connectivity index is 1.53. The van der Waals surface area contributed by atoms with Crippen molar-refractivity contribution in [2.75, 3.05) is 48.8 Å². The molecule has 1 aliphatic heterocycles. The van der Waals surface area contributed by atoms with E-state index in [0.29, 0.717) is 17.3 Å². The molecule has 0 radical (unpaired) electrons. The number of carbonyl (C=O) groups excluding carboxylic acids is 1. The van der Waals surface area contributed by atoms with Crippen molar-refractivity contribution in [2.24, 2.45) is 7.05 Å². The number of amides is 1. The molecule has 2 heterocycles. The number of benzene rings is 2. The number of rotatable bonds is 6. The fourth-order valence-corrected chi connectivity index (χ4v) is 3.42. The summed E-state index contributed by atoms with van der Waals surface area (Å²) in [5.74, 6) is -0.192. The lowest BCUT2D eigenvalue weighted by Gasteiger charge is -2.34. The van der Waals surface area contributed by atoms with E-state index < -0.39 is 10.8 Å². The molecule has 12 nitrogen and oxygen atoms in total. The minimum Gasteiger partial charge on any atom is -0.369 e. The van der Waals surface area contributed by atoms with Crippen LogP contribution in [0.1, 0.15) is 10.4 Å². The lowest BCUT2D eigenvalue weighted by molar-refractivity contribution is -0.384. The van der Waals surface area contributed by atoms with Crippen molar-refractivity contribution < 1.29 is 9.72 Å². The van der Waals surface area contributed by atoms with Crippen LogP contribution in [0.5, 0.6) is 0 Å². The number of hydrogen-bond donors (Lipinski definition) is 2. The van der Waals surface area contributed by atoms with Gasteiger partial charge in [-0.1, -0.05) is 5.10 Å². The fourth-order valence-electron chi connectivity index (χ4n) is 3.42. The number of nitrogens with zero attached hydrogens (tertiary/aromatic N) is 7. The first-order valence-electron chi connectivity index (χ1n) is 10.0. The number of aromatic nitrogens is 4. The van der Waals surface area contributed by atoms with E-state index in [9.17, 15) is 14.9 Å². The second kappa shape index (κ2) is 8.98. The van der Waals surface area contributed by atoms with Crippen molar-refractivity contribution in [2.45, 2.75) is 0 Å². The highest BCUT2D eigenvalue weighted by molar-refractivity contribution is 6.08. The predicted molar refractivity (Wildman–Crippen MR) is 119 cm³/mol. The number of likely N-dealkylation sites (N-methyl/N-ethyl adjacent to an activating group) is 1. The van der Waals surface area contributed by atoms with Crippen molar-refractivity contribution in [3.05, 3.63) is 58.1 Å². The van der Waals surface area contributed by atoms with Crippen LogP contribution in [0.15, 0.2) is 42.5 Å². The number of hydrogen-bond acceptors (Lipinski definition) is 9. The van der Waals surface area contributed by atoms with Crippen LogP contribution < -0.4 is 15.5 Å². The number of tetrazole rings is 1. The number of nitro benzene ring substituents is 1. The molecule has 0 saturated carbocycles.